The molecule has 4 rings (SSSR count). The van der Waals surface area contributed by atoms with Gasteiger partial charge in [-0.25, -0.2) is 0 Å². The Morgan fingerprint density at radius 1 is 1.12 bits per heavy atom. The fourth-order valence-electron chi connectivity index (χ4n) is 3.35. The van der Waals surface area contributed by atoms with Crippen LogP contribution in [0, 0.1) is 10.1 Å². The van der Waals surface area contributed by atoms with Crippen molar-refractivity contribution in [2.45, 2.75) is 18.9 Å². The van der Waals surface area contributed by atoms with Crippen LogP contribution in [-0.4, -0.2) is 35.8 Å². The first-order chi connectivity index (χ1) is 12.2. The summed E-state index contributed by atoms with van der Waals surface area (Å²) in [4.78, 5) is 13.0. The molecule has 0 aromatic heterocycles. The summed E-state index contributed by atoms with van der Waals surface area (Å²) in [5, 5.41) is 17.7. The van der Waals surface area contributed by atoms with Gasteiger partial charge in [0.05, 0.1) is 23.7 Å². The Labute approximate surface area is 146 Å². The predicted octanol–water partition coefficient (Wildman–Crippen LogP) is 3.59. The number of benzene rings is 2. The third kappa shape index (κ3) is 3.33. The first-order valence-corrected chi connectivity index (χ1v) is 8.61. The highest BCUT2D eigenvalue weighted by atomic mass is 16.6. The van der Waals surface area contributed by atoms with Crippen LogP contribution in [0.1, 0.15) is 30.0 Å². The molecule has 6 nitrogen and oxygen atoms in total. The molecule has 2 saturated heterocycles. The second kappa shape index (κ2) is 6.55. The molecule has 0 saturated carbocycles. The molecule has 0 bridgehead atoms. The van der Waals surface area contributed by atoms with Gasteiger partial charge < -0.3 is 4.90 Å². The van der Waals surface area contributed by atoms with Gasteiger partial charge in [0.25, 0.3) is 5.69 Å². The summed E-state index contributed by atoms with van der Waals surface area (Å²) in [6.07, 6.45) is 4.09. The SMILES string of the molecule is O=[N+]([O-])c1ccc(N2CCCC2)c(/C=N/N2CC2c2ccccc2)c1. The Bertz CT molecular complexity index is 800. The number of rotatable bonds is 5. The van der Waals surface area contributed by atoms with Crippen molar-refractivity contribution in [1.82, 2.24) is 5.01 Å². The predicted molar refractivity (Wildman–Crippen MR) is 98.0 cm³/mol. The van der Waals surface area contributed by atoms with E-state index in [-0.39, 0.29) is 10.6 Å². The van der Waals surface area contributed by atoms with Crippen LogP contribution in [0.3, 0.4) is 0 Å². The van der Waals surface area contributed by atoms with E-state index >= 15 is 0 Å². The lowest BCUT2D eigenvalue weighted by molar-refractivity contribution is -0.384. The molecule has 128 valence electrons. The maximum absolute atomic E-state index is 11.1. The van der Waals surface area contributed by atoms with Crippen LogP contribution >= 0.6 is 0 Å². The number of non-ortho nitro benzene ring substituents is 1. The number of hydrazone groups is 1. The number of hydrogen-bond donors (Lipinski definition) is 0. The summed E-state index contributed by atoms with van der Waals surface area (Å²) in [6.45, 7) is 2.87. The quantitative estimate of drug-likeness (QED) is 0.362. The zero-order valence-electron chi connectivity index (χ0n) is 13.9. The van der Waals surface area contributed by atoms with E-state index in [0.29, 0.717) is 6.04 Å². The fourth-order valence-corrected chi connectivity index (χ4v) is 3.35. The number of hydrogen-bond acceptors (Lipinski definition) is 5. The molecule has 2 heterocycles. The zero-order chi connectivity index (χ0) is 17.2. The Kier molecular flexibility index (Phi) is 4.09. The van der Waals surface area contributed by atoms with Crippen molar-refractivity contribution < 1.29 is 4.92 Å². The van der Waals surface area contributed by atoms with E-state index in [1.54, 1.807) is 18.3 Å². The third-order valence-electron chi connectivity index (χ3n) is 4.78. The molecule has 0 N–H and O–H groups in total. The van der Waals surface area contributed by atoms with Crippen LogP contribution in [0.25, 0.3) is 0 Å². The number of nitro benzene ring substituents is 1. The lowest BCUT2D eigenvalue weighted by atomic mass is 10.1. The molecule has 0 radical (unpaired) electrons. The summed E-state index contributed by atoms with van der Waals surface area (Å²) >= 11 is 0. The summed E-state index contributed by atoms with van der Waals surface area (Å²) < 4.78 is 0. The molecule has 0 aliphatic carbocycles. The van der Waals surface area contributed by atoms with Gasteiger partial charge in [-0.1, -0.05) is 30.3 Å². The van der Waals surface area contributed by atoms with Crippen molar-refractivity contribution in [2.75, 3.05) is 24.5 Å². The lowest BCUT2D eigenvalue weighted by Gasteiger charge is -2.19. The van der Waals surface area contributed by atoms with Crippen molar-refractivity contribution in [2.24, 2.45) is 5.10 Å². The molecule has 6 heteroatoms. The Morgan fingerprint density at radius 2 is 1.88 bits per heavy atom. The number of nitrogens with zero attached hydrogens (tertiary/aromatic N) is 4. The zero-order valence-corrected chi connectivity index (χ0v) is 13.9. The van der Waals surface area contributed by atoms with Gasteiger partial charge in [0.15, 0.2) is 0 Å². The monoisotopic (exact) mass is 336 g/mol. The first-order valence-electron chi connectivity index (χ1n) is 8.61. The lowest BCUT2D eigenvalue weighted by Crippen LogP contribution is -2.19. The van der Waals surface area contributed by atoms with Gasteiger partial charge in [-0.05, 0) is 24.5 Å². The molecular weight excluding hydrogens is 316 g/mol. The maximum Gasteiger partial charge on any atom is 0.270 e. The standard InChI is InChI=1S/C19H20N4O2/c24-23(25)17-8-9-18(21-10-4-5-11-21)16(12-17)13-20-22-14-19(22)15-6-2-1-3-7-15/h1-3,6-9,12-13,19H,4-5,10-11,14H2/b20-13+. The van der Waals surface area contributed by atoms with Crippen molar-refractivity contribution in [3.8, 4) is 0 Å². The summed E-state index contributed by atoms with van der Waals surface area (Å²) in [7, 11) is 0. The topological polar surface area (TPSA) is 61.8 Å². The van der Waals surface area contributed by atoms with Crippen LogP contribution in [-0.2, 0) is 0 Å². The molecule has 25 heavy (non-hydrogen) atoms. The van der Waals surface area contributed by atoms with Crippen LogP contribution in [0.2, 0.25) is 0 Å². The van der Waals surface area contributed by atoms with Crippen molar-refractivity contribution in [3.05, 3.63) is 69.8 Å². The third-order valence-corrected chi connectivity index (χ3v) is 4.78. The maximum atomic E-state index is 11.1. The summed E-state index contributed by atoms with van der Waals surface area (Å²) in [5.74, 6) is 0. The fraction of sp³-hybridized carbons (Fsp3) is 0.316. The van der Waals surface area contributed by atoms with E-state index in [4.69, 9.17) is 0 Å². The molecular formula is C19H20N4O2. The smallest absolute Gasteiger partial charge is 0.270 e. The van der Waals surface area contributed by atoms with E-state index in [1.807, 2.05) is 29.3 Å². The Morgan fingerprint density at radius 3 is 2.60 bits per heavy atom. The van der Waals surface area contributed by atoms with Gasteiger partial charge in [0.2, 0.25) is 0 Å². The highest BCUT2D eigenvalue weighted by Gasteiger charge is 2.34. The molecule has 1 unspecified atom stereocenters. The first kappa shape index (κ1) is 15.6. The van der Waals surface area contributed by atoms with Gasteiger partial charge in [-0.15, -0.1) is 0 Å². The molecule has 2 aliphatic heterocycles. The molecule has 2 aromatic rings. The minimum absolute atomic E-state index is 0.106. The van der Waals surface area contributed by atoms with Crippen LogP contribution in [0.15, 0.2) is 53.6 Å². The van der Waals surface area contributed by atoms with E-state index in [2.05, 4.69) is 22.1 Å². The molecule has 2 fully saturated rings. The summed E-state index contributed by atoms with van der Waals surface area (Å²) in [5.41, 5.74) is 3.20. The normalized spacial score (nSPS) is 19.6. The number of nitro groups is 1. The van der Waals surface area contributed by atoms with Gasteiger partial charge in [0, 0.05) is 36.5 Å². The van der Waals surface area contributed by atoms with Gasteiger partial charge in [-0.3, -0.25) is 15.1 Å². The van der Waals surface area contributed by atoms with Crippen molar-refractivity contribution >= 4 is 17.6 Å². The van der Waals surface area contributed by atoms with Crippen molar-refractivity contribution in [3.63, 3.8) is 0 Å². The average molecular weight is 336 g/mol. The molecule has 2 aromatic carbocycles. The molecule has 0 amide bonds. The average Bonchev–Trinajstić information content (AvgIpc) is 3.22. The second-order valence-electron chi connectivity index (χ2n) is 6.49. The Balaban J connectivity index is 1.56. The highest BCUT2D eigenvalue weighted by Crippen LogP contribution is 2.35. The highest BCUT2D eigenvalue weighted by molar-refractivity contribution is 5.89. The molecule has 2 aliphatic rings. The van der Waals surface area contributed by atoms with Gasteiger partial charge in [0.1, 0.15) is 0 Å². The van der Waals surface area contributed by atoms with Gasteiger partial charge in [-0.2, -0.15) is 5.10 Å². The largest absolute Gasteiger partial charge is 0.371 e. The van der Waals surface area contributed by atoms with Crippen molar-refractivity contribution in [1.29, 1.82) is 0 Å². The van der Waals surface area contributed by atoms with E-state index < -0.39 is 0 Å². The summed E-state index contributed by atoms with van der Waals surface area (Å²) in [6, 6.07) is 15.6. The van der Waals surface area contributed by atoms with E-state index in [9.17, 15) is 10.1 Å². The molecule has 1 atom stereocenters. The minimum atomic E-state index is -0.352. The van der Waals surface area contributed by atoms with Crippen LogP contribution < -0.4 is 4.90 Å². The van der Waals surface area contributed by atoms with Crippen LogP contribution in [0.4, 0.5) is 11.4 Å². The van der Waals surface area contributed by atoms with Crippen LogP contribution in [0.5, 0.6) is 0 Å². The van der Waals surface area contributed by atoms with E-state index in [1.165, 1.54) is 5.56 Å². The minimum Gasteiger partial charge on any atom is -0.371 e. The van der Waals surface area contributed by atoms with E-state index in [0.717, 1.165) is 43.7 Å². The molecule has 0 spiro atoms. The van der Waals surface area contributed by atoms with Gasteiger partial charge >= 0.3 is 0 Å². The number of anilines is 1. The Hall–Kier alpha value is -2.89. The second-order valence-corrected chi connectivity index (χ2v) is 6.49.